The molecule has 148 valence electrons. The molecule has 0 spiro atoms. The lowest BCUT2D eigenvalue weighted by molar-refractivity contribution is 0.0913. The molecule has 2 nitrogen and oxygen atoms in total. The maximum Gasteiger partial charge on any atom is 0.200 e. The molecule has 0 saturated heterocycles. The minimum Gasteiger partial charge on any atom is -0.410 e. The number of nitrogens with one attached hydrogen (secondary N) is 1. The first kappa shape index (κ1) is 21.8. The van der Waals surface area contributed by atoms with E-state index in [2.05, 4.69) is 80.6 Å². The minimum atomic E-state index is -1.98. The summed E-state index contributed by atoms with van der Waals surface area (Å²) in [6.45, 7) is 23.1. The molecule has 1 heterocycles. The standard InChI is InChI=1S/C22H38ClNOSi/c1-13(2)26(14(3)4,15(5)6)25-21-17(8)19-18(23)12-11-16(7)20(19)24-22(21,9)10/h11-15,17,21,24H,1-10H3/t17-,21+/m1/s1. The summed E-state index contributed by atoms with van der Waals surface area (Å²) in [5, 5.41) is 4.63. The van der Waals surface area contributed by atoms with Gasteiger partial charge in [0.1, 0.15) is 0 Å². The Morgan fingerprint density at radius 3 is 2.00 bits per heavy atom. The van der Waals surface area contributed by atoms with E-state index in [0.29, 0.717) is 16.6 Å². The first-order valence-corrected chi connectivity index (χ1v) is 12.6. The van der Waals surface area contributed by atoms with Gasteiger partial charge in [0, 0.05) is 16.6 Å². The first-order chi connectivity index (χ1) is 11.9. The van der Waals surface area contributed by atoms with Crippen LogP contribution in [0.25, 0.3) is 0 Å². The largest absolute Gasteiger partial charge is 0.410 e. The molecule has 1 aliphatic heterocycles. The maximum absolute atomic E-state index is 7.26. The maximum atomic E-state index is 7.26. The van der Waals surface area contributed by atoms with Crippen molar-refractivity contribution in [1.29, 1.82) is 0 Å². The van der Waals surface area contributed by atoms with Crippen LogP contribution in [0.2, 0.25) is 21.6 Å². The van der Waals surface area contributed by atoms with Gasteiger partial charge in [0.25, 0.3) is 0 Å². The molecule has 0 radical (unpaired) electrons. The van der Waals surface area contributed by atoms with Gasteiger partial charge in [-0.1, -0.05) is 66.1 Å². The smallest absolute Gasteiger partial charge is 0.200 e. The van der Waals surface area contributed by atoms with Crippen molar-refractivity contribution in [3.8, 4) is 0 Å². The van der Waals surface area contributed by atoms with Crippen LogP contribution in [0.5, 0.6) is 0 Å². The molecule has 4 heteroatoms. The summed E-state index contributed by atoms with van der Waals surface area (Å²) in [5.74, 6) is 0.261. The van der Waals surface area contributed by atoms with Crippen LogP contribution in [0.15, 0.2) is 12.1 Å². The third kappa shape index (κ3) is 3.47. The van der Waals surface area contributed by atoms with Crippen LogP contribution < -0.4 is 5.32 Å². The van der Waals surface area contributed by atoms with Gasteiger partial charge in [-0.05, 0) is 54.6 Å². The average Bonchev–Trinajstić information content (AvgIpc) is 2.49. The van der Waals surface area contributed by atoms with Crippen molar-refractivity contribution in [3.63, 3.8) is 0 Å². The van der Waals surface area contributed by atoms with E-state index in [1.165, 1.54) is 16.8 Å². The molecule has 26 heavy (non-hydrogen) atoms. The quantitative estimate of drug-likeness (QED) is 0.520. The predicted molar refractivity (Wildman–Crippen MR) is 118 cm³/mol. The molecule has 1 aromatic rings. The van der Waals surface area contributed by atoms with Gasteiger partial charge in [-0.15, -0.1) is 0 Å². The lowest BCUT2D eigenvalue weighted by Crippen LogP contribution is -2.59. The normalized spacial score (nSPS) is 22.7. The van der Waals surface area contributed by atoms with Crippen molar-refractivity contribution in [2.24, 2.45) is 0 Å². The number of rotatable bonds is 5. The Hall–Kier alpha value is -0.513. The zero-order valence-corrected chi connectivity index (χ0v) is 20.1. The molecule has 0 saturated carbocycles. The third-order valence-electron chi connectivity index (χ3n) is 6.51. The number of halogens is 1. The molecule has 0 bridgehead atoms. The van der Waals surface area contributed by atoms with Crippen molar-refractivity contribution >= 4 is 25.6 Å². The fraction of sp³-hybridized carbons (Fsp3) is 0.727. The molecular formula is C22H38ClNOSi. The van der Waals surface area contributed by atoms with Crippen molar-refractivity contribution in [2.45, 2.75) is 103 Å². The van der Waals surface area contributed by atoms with Crippen LogP contribution in [0.4, 0.5) is 5.69 Å². The van der Waals surface area contributed by atoms with Crippen LogP contribution in [0, 0.1) is 6.92 Å². The van der Waals surface area contributed by atoms with Gasteiger partial charge < -0.3 is 9.74 Å². The minimum absolute atomic E-state index is 0.105. The van der Waals surface area contributed by atoms with Crippen molar-refractivity contribution in [3.05, 3.63) is 28.3 Å². The molecule has 2 rings (SSSR count). The Kier molecular flexibility index (Phi) is 6.27. The average molecular weight is 396 g/mol. The second-order valence-electron chi connectivity index (χ2n) is 9.64. The molecule has 0 aliphatic carbocycles. The monoisotopic (exact) mass is 395 g/mol. The van der Waals surface area contributed by atoms with Crippen molar-refractivity contribution in [2.75, 3.05) is 5.32 Å². The first-order valence-electron chi connectivity index (χ1n) is 10.1. The Morgan fingerprint density at radius 2 is 1.54 bits per heavy atom. The summed E-state index contributed by atoms with van der Waals surface area (Å²) in [6, 6.07) is 4.13. The van der Waals surface area contributed by atoms with Crippen LogP contribution in [-0.2, 0) is 4.43 Å². The van der Waals surface area contributed by atoms with Crippen LogP contribution in [0.3, 0.4) is 0 Å². The Bertz CT molecular complexity index is 632. The molecule has 1 aliphatic rings. The summed E-state index contributed by atoms with van der Waals surface area (Å²) >= 11 is 6.64. The van der Waals surface area contributed by atoms with Crippen LogP contribution >= 0.6 is 11.6 Å². The fourth-order valence-corrected chi connectivity index (χ4v) is 11.4. The molecule has 1 aromatic carbocycles. The van der Waals surface area contributed by atoms with Gasteiger partial charge in [-0.3, -0.25) is 0 Å². The lowest BCUT2D eigenvalue weighted by Gasteiger charge is -2.52. The van der Waals surface area contributed by atoms with E-state index in [1.54, 1.807) is 0 Å². The van der Waals surface area contributed by atoms with Crippen molar-refractivity contribution in [1.82, 2.24) is 0 Å². The fourth-order valence-electron chi connectivity index (χ4n) is 5.36. The number of fused-ring (bicyclic) bond motifs is 1. The number of hydrogen-bond acceptors (Lipinski definition) is 2. The lowest BCUT2D eigenvalue weighted by atomic mass is 9.78. The highest BCUT2D eigenvalue weighted by Crippen LogP contribution is 2.50. The summed E-state index contributed by atoms with van der Waals surface area (Å²) in [5.41, 5.74) is 5.23. The second-order valence-corrected chi connectivity index (χ2v) is 15.5. The highest BCUT2D eigenvalue weighted by Gasteiger charge is 2.51. The zero-order valence-electron chi connectivity index (χ0n) is 18.3. The summed E-state index contributed by atoms with van der Waals surface area (Å²) in [6.07, 6.45) is 0.105. The highest BCUT2D eigenvalue weighted by molar-refractivity contribution is 6.77. The highest BCUT2D eigenvalue weighted by atomic mass is 35.5. The number of aryl methyl sites for hydroxylation is 1. The number of benzene rings is 1. The Labute approximate surface area is 167 Å². The van der Waals surface area contributed by atoms with Gasteiger partial charge >= 0.3 is 0 Å². The van der Waals surface area contributed by atoms with E-state index in [0.717, 1.165) is 5.02 Å². The van der Waals surface area contributed by atoms with E-state index < -0.39 is 8.32 Å². The Balaban J connectivity index is 2.56. The molecule has 0 fully saturated rings. The molecular weight excluding hydrogens is 358 g/mol. The van der Waals surface area contributed by atoms with E-state index in [4.69, 9.17) is 16.0 Å². The van der Waals surface area contributed by atoms with E-state index >= 15 is 0 Å². The molecule has 1 N–H and O–H groups in total. The summed E-state index contributed by atoms with van der Waals surface area (Å²) < 4.78 is 7.26. The summed E-state index contributed by atoms with van der Waals surface area (Å²) in [7, 11) is -1.98. The van der Waals surface area contributed by atoms with Crippen LogP contribution in [0.1, 0.15) is 79.4 Å². The molecule has 2 atom stereocenters. The number of hydrogen-bond donors (Lipinski definition) is 1. The van der Waals surface area contributed by atoms with E-state index in [-0.39, 0.29) is 17.6 Å². The third-order valence-corrected chi connectivity index (χ3v) is 12.9. The SMILES string of the molecule is Cc1ccc(Cl)c2c1NC(C)(C)[C@@H](O[Si](C(C)C)(C(C)C)C(C)C)[C@@H]2C. The van der Waals surface area contributed by atoms with Gasteiger partial charge in [0.2, 0.25) is 8.32 Å². The van der Waals surface area contributed by atoms with Crippen LogP contribution in [-0.4, -0.2) is 20.0 Å². The van der Waals surface area contributed by atoms with Crippen molar-refractivity contribution < 1.29 is 4.43 Å². The zero-order chi connectivity index (χ0) is 20.0. The topological polar surface area (TPSA) is 21.3 Å². The van der Waals surface area contributed by atoms with Gasteiger partial charge in [0.15, 0.2) is 0 Å². The van der Waals surface area contributed by atoms with E-state index in [1.807, 2.05) is 6.07 Å². The second kappa shape index (κ2) is 7.48. The van der Waals surface area contributed by atoms with Gasteiger partial charge in [-0.25, -0.2) is 0 Å². The predicted octanol–water partition coefficient (Wildman–Crippen LogP) is 7.52. The molecule has 0 amide bonds. The molecule has 0 aromatic heterocycles. The van der Waals surface area contributed by atoms with Gasteiger partial charge in [-0.2, -0.15) is 0 Å². The van der Waals surface area contributed by atoms with E-state index in [9.17, 15) is 0 Å². The molecule has 0 unspecified atom stereocenters. The van der Waals surface area contributed by atoms with Gasteiger partial charge in [0.05, 0.1) is 11.6 Å². The Morgan fingerprint density at radius 1 is 1.04 bits per heavy atom. The summed E-state index contributed by atoms with van der Waals surface area (Å²) in [4.78, 5) is 0. The number of anilines is 1.